The van der Waals surface area contributed by atoms with Crippen LogP contribution in [0.15, 0.2) is 0 Å². The van der Waals surface area contributed by atoms with Crippen LogP contribution in [0.2, 0.25) is 0 Å². The maximum atomic E-state index is 11.6. The van der Waals surface area contributed by atoms with Crippen molar-refractivity contribution in [2.75, 3.05) is 37.5 Å². The van der Waals surface area contributed by atoms with E-state index in [0.717, 1.165) is 38.1 Å². The van der Waals surface area contributed by atoms with Crippen LogP contribution >= 0.6 is 11.8 Å². The minimum atomic E-state index is -2.96. The normalized spacial score (nSPS) is 23.5. The lowest BCUT2D eigenvalue weighted by Gasteiger charge is -2.33. The third kappa shape index (κ3) is 4.61. The second kappa shape index (κ2) is 6.83. The fourth-order valence-electron chi connectivity index (χ4n) is 1.87. The molecule has 0 saturated carbocycles. The molecule has 16 heavy (non-hydrogen) atoms. The highest BCUT2D eigenvalue weighted by Gasteiger charge is 2.30. The molecule has 1 heterocycles. The second-order valence-corrected chi connectivity index (χ2v) is 7.53. The van der Waals surface area contributed by atoms with E-state index < -0.39 is 9.84 Å². The molecule has 1 aliphatic rings. The van der Waals surface area contributed by atoms with Crippen LogP contribution in [-0.4, -0.2) is 61.3 Å². The van der Waals surface area contributed by atoms with E-state index in [1.165, 1.54) is 6.26 Å². The van der Waals surface area contributed by atoms with Crippen LogP contribution in [0.3, 0.4) is 0 Å². The first-order valence-corrected chi connectivity index (χ1v) is 8.78. The predicted molar refractivity (Wildman–Crippen MR) is 68.5 cm³/mol. The number of aliphatic hydroxyl groups is 1. The molecular weight excluding hydrogens is 246 g/mol. The predicted octanol–water partition coefficient (Wildman–Crippen LogP) is 0.568. The van der Waals surface area contributed by atoms with Gasteiger partial charge in [-0.1, -0.05) is 0 Å². The van der Waals surface area contributed by atoms with Crippen LogP contribution in [0, 0.1) is 0 Å². The fraction of sp³-hybridized carbons (Fsp3) is 1.00. The van der Waals surface area contributed by atoms with Gasteiger partial charge in [0.2, 0.25) is 0 Å². The molecular formula is C10H21NO3S2. The number of hydrogen-bond donors (Lipinski definition) is 1. The van der Waals surface area contributed by atoms with Gasteiger partial charge in [-0.2, -0.15) is 11.8 Å². The van der Waals surface area contributed by atoms with E-state index in [0.29, 0.717) is 5.75 Å². The summed E-state index contributed by atoms with van der Waals surface area (Å²) in [5, 5.41) is 8.37. The van der Waals surface area contributed by atoms with Crippen molar-refractivity contribution in [3.05, 3.63) is 0 Å². The van der Waals surface area contributed by atoms with E-state index in [1.54, 1.807) is 11.8 Å². The Kier molecular flexibility index (Phi) is 6.10. The smallest absolute Gasteiger partial charge is 0.164 e. The molecule has 0 radical (unpaired) electrons. The van der Waals surface area contributed by atoms with Gasteiger partial charge in [-0.05, 0) is 25.8 Å². The highest BCUT2D eigenvalue weighted by atomic mass is 32.2. The van der Waals surface area contributed by atoms with Gasteiger partial charge in [0.15, 0.2) is 9.84 Å². The summed E-state index contributed by atoms with van der Waals surface area (Å²) in [5.74, 6) is 1.71. The van der Waals surface area contributed by atoms with E-state index in [1.807, 2.05) is 0 Å². The van der Waals surface area contributed by atoms with Gasteiger partial charge < -0.3 is 5.11 Å². The van der Waals surface area contributed by atoms with Crippen molar-refractivity contribution in [1.29, 1.82) is 0 Å². The summed E-state index contributed by atoms with van der Waals surface area (Å²) >= 11 is 1.72. The van der Waals surface area contributed by atoms with Crippen LogP contribution in [0.5, 0.6) is 0 Å². The lowest BCUT2D eigenvalue weighted by atomic mass is 10.2. The van der Waals surface area contributed by atoms with E-state index in [4.69, 9.17) is 5.11 Å². The molecule has 96 valence electrons. The van der Waals surface area contributed by atoms with Crippen LogP contribution in [0.25, 0.3) is 0 Å². The number of nitrogens with zero attached hydrogens (tertiary/aromatic N) is 1. The summed E-state index contributed by atoms with van der Waals surface area (Å²) in [7, 11) is -2.96. The zero-order valence-electron chi connectivity index (χ0n) is 9.76. The first-order valence-electron chi connectivity index (χ1n) is 5.67. The second-order valence-electron chi connectivity index (χ2n) is 4.18. The van der Waals surface area contributed by atoms with Crippen molar-refractivity contribution < 1.29 is 13.5 Å². The van der Waals surface area contributed by atoms with E-state index in [2.05, 4.69) is 4.90 Å². The molecule has 0 aliphatic carbocycles. The first kappa shape index (κ1) is 14.3. The Bertz CT molecular complexity index is 292. The molecule has 0 aromatic rings. The third-order valence-electron chi connectivity index (χ3n) is 2.79. The molecule has 1 atom stereocenters. The lowest BCUT2D eigenvalue weighted by molar-refractivity contribution is 0.250. The minimum Gasteiger partial charge on any atom is -0.396 e. The summed E-state index contributed by atoms with van der Waals surface area (Å²) in [5.41, 5.74) is 0. The van der Waals surface area contributed by atoms with Gasteiger partial charge in [-0.3, -0.25) is 4.90 Å². The molecule has 1 aliphatic heterocycles. The zero-order valence-corrected chi connectivity index (χ0v) is 11.4. The number of aliphatic hydroxyl groups excluding tert-OH is 1. The number of rotatable bonds is 6. The highest BCUT2D eigenvalue weighted by Crippen LogP contribution is 2.20. The monoisotopic (exact) mass is 267 g/mol. The van der Waals surface area contributed by atoms with Crippen molar-refractivity contribution >= 4 is 21.6 Å². The summed E-state index contributed by atoms with van der Waals surface area (Å²) in [6, 6.07) is 0. The van der Waals surface area contributed by atoms with Crippen molar-refractivity contribution in [1.82, 2.24) is 4.90 Å². The molecule has 1 saturated heterocycles. The molecule has 0 bridgehead atoms. The highest BCUT2D eigenvalue weighted by molar-refractivity contribution is 8.00. The summed E-state index contributed by atoms with van der Waals surface area (Å²) < 4.78 is 23.2. The minimum absolute atomic E-state index is 0.228. The molecule has 0 aromatic heterocycles. The van der Waals surface area contributed by atoms with E-state index >= 15 is 0 Å². The summed E-state index contributed by atoms with van der Waals surface area (Å²) in [6.45, 7) is 1.92. The molecule has 0 spiro atoms. The van der Waals surface area contributed by atoms with Crippen molar-refractivity contribution in [2.45, 2.75) is 24.6 Å². The Balaban J connectivity index is 2.42. The summed E-state index contributed by atoms with van der Waals surface area (Å²) in [6.07, 6.45) is 4.07. The van der Waals surface area contributed by atoms with Crippen molar-refractivity contribution in [3.8, 4) is 0 Å². The third-order valence-corrected chi connectivity index (χ3v) is 5.48. The average molecular weight is 267 g/mol. The molecule has 0 amide bonds. The quantitative estimate of drug-likeness (QED) is 0.713. The van der Waals surface area contributed by atoms with Crippen LogP contribution < -0.4 is 0 Å². The standard InChI is InChI=1S/C10H21NO3S2/c1-16(13,14)10-9-15-8-6-11(10)5-3-2-4-7-12/h10,12H,2-9H2,1H3. The Morgan fingerprint density at radius 2 is 2.12 bits per heavy atom. The van der Waals surface area contributed by atoms with Gasteiger partial charge in [-0.25, -0.2) is 8.42 Å². The van der Waals surface area contributed by atoms with Gasteiger partial charge >= 0.3 is 0 Å². The topological polar surface area (TPSA) is 57.6 Å². The van der Waals surface area contributed by atoms with Crippen molar-refractivity contribution in [2.24, 2.45) is 0 Å². The van der Waals surface area contributed by atoms with Crippen LogP contribution in [-0.2, 0) is 9.84 Å². The number of sulfone groups is 1. The van der Waals surface area contributed by atoms with Gasteiger partial charge in [-0.15, -0.1) is 0 Å². The molecule has 6 heteroatoms. The lowest BCUT2D eigenvalue weighted by Crippen LogP contribution is -2.47. The van der Waals surface area contributed by atoms with Gasteiger partial charge in [0.25, 0.3) is 0 Å². The molecule has 1 N–H and O–H groups in total. The SMILES string of the molecule is CS(=O)(=O)C1CSCCN1CCCCCO. The van der Waals surface area contributed by atoms with Gasteiger partial charge in [0, 0.05) is 30.9 Å². The number of hydrogen-bond acceptors (Lipinski definition) is 5. The average Bonchev–Trinajstić information content (AvgIpc) is 2.24. The first-order chi connectivity index (χ1) is 7.55. The van der Waals surface area contributed by atoms with E-state index in [-0.39, 0.29) is 12.0 Å². The fourth-order valence-corrected chi connectivity index (χ4v) is 4.84. The maximum Gasteiger partial charge on any atom is 0.164 e. The number of unbranched alkanes of at least 4 members (excludes halogenated alkanes) is 2. The van der Waals surface area contributed by atoms with Crippen LogP contribution in [0.4, 0.5) is 0 Å². The van der Waals surface area contributed by atoms with Crippen molar-refractivity contribution in [3.63, 3.8) is 0 Å². The number of thioether (sulfide) groups is 1. The molecule has 1 fully saturated rings. The molecule has 1 rings (SSSR count). The largest absolute Gasteiger partial charge is 0.396 e. The Morgan fingerprint density at radius 1 is 1.38 bits per heavy atom. The molecule has 1 unspecified atom stereocenters. The summed E-state index contributed by atoms with van der Waals surface area (Å²) in [4.78, 5) is 2.07. The van der Waals surface area contributed by atoms with Crippen LogP contribution in [0.1, 0.15) is 19.3 Å². The molecule has 4 nitrogen and oxygen atoms in total. The van der Waals surface area contributed by atoms with E-state index in [9.17, 15) is 8.42 Å². The van der Waals surface area contributed by atoms with Gasteiger partial charge in [0.05, 0.1) is 0 Å². The van der Waals surface area contributed by atoms with Gasteiger partial charge in [0.1, 0.15) is 5.37 Å². The molecule has 0 aromatic carbocycles. The Morgan fingerprint density at radius 3 is 2.75 bits per heavy atom. The zero-order chi connectivity index (χ0) is 12.0. The maximum absolute atomic E-state index is 11.6. The Hall–Kier alpha value is 0.220. The Labute approximate surface area is 102 Å².